The lowest BCUT2D eigenvalue weighted by Gasteiger charge is -2.43. The number of benzene rings is 2. The maximum atomic E-state index is 11.9. The summed E-state index contributed by atoms with van der Waals surface area (Å²) in [7, 11) is 0. The molecular formula is C32H45N3O4. The topological polar surface area (TPSA) is 83.1 Å². The number of hydrogen-bond donors (Lipinski definition) is 3. The minimum Gasteiger partial charge on any atom is -0.392 e. The number of aliphatic hydroxyl groups excluding tert-OH is 1. The van der Waals surface area contributed by atoms with E-state index in [1.807, 2.05) is 43.3 Å². The molecule has 2 bridgehead atoms. The third kappa shape index (κ3) is 6.32. The van der Waals surface area contributed by atoms with Gasteiger partial charge in [0.15, 0.2) is 6.29 Å². The van der Waals surface area contributed by atoms with Gasteiger partial charge in [0.1, 0.15) is 0 Å². The monoisotopic (exact) mass is 535 g/mol. The molecule has 3 N–H and O–H groups in total. The Morgan fingerprint density at radius 2 is 1.72 bits per heavy atom. The molecular weight excluding hydrogens is 490 g/mol. The molecule has 6 atom stereocenters. The van der Waals surface area contributed by atoms with Gasteiger partial charge in [-0.2, -0.15) is 0 Å². The fraction of sp³-hybridized carbons (Fsp3) is 0.594. The predicted molar refractivity (Wildman–Crippen MR) is 153 cm³/mol. The van der Waals surface area contributed by atoms with Crippen molar-refractivity contribution in [2.45, 2.75) is 85.0 Å². The molecule has 2 aliphatic heterocycles. The molecule has 3 aliphatic rings. The second-order valence-electron chi connectivity index (χ2n) is 13.1. The Morgan fingerprint density at radius 3 is 2.38 bits per heavy atom. The summed E-state index contributed by atoms with van der Waals surface area (Å²) in [5.74, 6) is 0.154. The van der Waals surface area contributed by atoms with Crippen molar-refractivity contribution in [2.24, 2.45) is 16.7 Å². The Bertz CT molecular complexity index is 1140. The van der Waals surface area contributed by atoms with Gasteiger partial charge in [0.05, 0.1) is 18.8 Å². The van der Waals surface area contributed by atoms with Gasteiger partial charge in [0, 0.05) is 42.8 Å². The van der Waals surface area contributed by atoms with Gasteiger partial charge >= 0.3 is 6.03 Å². The number of carbonyl (C=O) groups is 1. The van der Waals surface area contributed by atoms with Gasteiger partial charge < -0.3 is 25.2 Å². The molecule has 2 saturated heterocycles. The third-order valence-electron chi connectivity index (χ3n) is 8.84. The zero-order chi connectivity index (χ0) is 27.8. The van der Waals surface area contributed by atoms with Crippen molar-refractivity contribution >= 4 is 11.7 Å². The van der Waals surface area contributed by atoms with Crippen molar-refractivity contribution in [3.8, 4) is 0 Å². The first-order chi connectivity index (χ1) is 18.6. The van der Waals surface area contributed by atoms with Crippen molar-refractivity contribution in [3.63, 3.8) is 0 Å². The lowest BCUT2D eigenvalue weighted by Crippen LogP contribution is -2.46. The van der Waals surface area contributed by atoms with Crippen LogP contribution in [0.3, 0.4) is 0 Å². The SMILES string of the molecule is CCNC(=O)Nc1ccc([C@@H]2O[C@H](CN3CC4(C)CC3CC(C)(C)C4)[C@H](C)[C@H](c3ccc(CO)cc3)O2)cc1. The smallest absolute Gasteiger partial charge is 0.319 e. The van der Waals surface area contributed by atoms with Crippen LogP contribution in [-0.2, 0) is 16.1 Å². The second-order valence-corrected chi connectivity index (χ2v) is 13.1. The number of nitrogens with zero attached hydrogens (tertiary/aromatic N) is 1. The average Bonchev–Trinajstić information content (AvgIpc) is 3.13. The second kappa shape index (κ2) is 11.2. The standard InChI is InChI=1S/C32H45N3O4/c1-6-33-30(37)34-25-13-11-24(12-14-25)29-38-27(17-35-20-32(5)16-26(35)15-31(3,4)19-32)21(2)28(39-29)23-9-7-22(18-36)8-10-23/h7-14,21,26-29,36H,6,15-20H2,1-5H3,(H2,33,34,37)/t21-,26?,27+,28+,29+,32?/m0/s1. The molecule has 3 fully saturated rings. The minimum atomic E-state index is -0.513. The number of nitrogens with one attached hydrogen (secondary N) is 2. The molecule has 2 unspecified atom stereocenters. The van der Waals surface area contributed by atoms with Gasteiger partial charge in [-0.3, -0.25) is 4.90 Å². The highest BCUT2D eigenvalue weighted by molar-refractivity contribution is 5.89. The van der Waals surface area contributed by atoms with Crippen molar-refractivity contribution in [1.29, 1.82) is 0 Å². The third-order valence-corrected chi connectivity index (χ3v) is 8.84. The molecule has 0 aromatic heterocycles. The summed E-state index contributed by atoms with van der Waals surface area (Å²) >= 11 is 0. The number of anilines is 1. The molecule has 2 aromatic carbocycles. The molecule has 2 heterocycles. The summed E-state index contributed by atoms with van der Waals surface area (Å²) in [6.45, 7) is 14.0. The van der Waals surface area contributed by atoms with Crippen LogP contribution in [0.2, 0.25) is 0 Å². The molecule has 7 nitrogen and oxygen atoms in total. The van der Waals surface area contributed by atoms with Crippen molar-refractivity contribution < 1.29 is 19.4 Å². The van der Waals surface area contributed by atoms with Gasteiger partial charge in [-0.05, 0) is 60.3 Å². The van der Waals surface area contributed by atoms with E-state index in [0.29, 0.717) is 23.4 Å². The van der Waals surface area contributed by atoms with Crippen molar-refractivity contribution in [2.75, 3.05) is 25.0 Å². The fourth-order valence-electron chi connectivity index (χ4n) is 7.41. The van der Waals surface area contributed by atoms with Crippen LogP contribution in [0.15, 0.2) is 48.5 Å². The molecule has 7 heteroatoms. The van der Waals surface area contributed by atoms with Crippen LogP contribution in [0.25, 0.3) is 0 Å². The molecule has 212 valence electrons. The molecule has 1 saturated carbocycles. The Kier molecular flexibility index (Phi) is 8.07. The number of ether oxygens (including phenoxy) is 2. The van der Waals surface area contributed by atoms with Crippen LogP contribution in [0, 0.1) is 16.7 Å². The Morgan fingerprint density at radius 1 is 1.03 bits per heavy atom. The lowest BCUT2D eigenvalue weighted by molar-refractivity contribution is -0.276. The van der Waals surface area contributed by atoms with Gasteiger partial charge in [0.25, 0.3) is 0 Å². The number of urea groups is 1. The normalized spacial score (nSPS) is 32.1. The zero-order valence-corrected chi connectivity index (χ0v) is 24.1. The summed E-state index contributed by atoms with van der Waals surface area (Å²) in [6.07, 6.45) is 3.13. The number of amides is 2. The lowest BCUT2D eigenvalue weighted by atomic mass is 9.65. The minimum absolute atomic E-state index is 0.00506. The van der Waals surface area contributed by atoms with Gasteiger partial charge in [0.2, 0.25) is 0 Å². The van der Waals surface area contributed by atoms with E-state index in [-0.39, 0.29) is 30.8 Å². The van der Waals surface area contributed by atoms with Crippen LogP contribution < -0.4 is 10.6 Å². The largest absolute Gasteiger partial charge is 0.392 e. The quantitative estimate of drug-likeness (QED) is 0.404. The molecule has 2 aromatic rings. The number of likely N-dealkylation sites (tertiary alicyclic amines) is 1. The number of rotatable bonds is 7. The van der Waals surface area contributed by atoms with E-state index in [2.05, 4.69) is 55.4 Å². The summed E-state index contributed by atoms with van der Waals surface area (Å²) < 4.78 is 13.4. The van der Waals surface area contributed by atoms with E-state index < -0.39 is 6.29 Å². The van der Waals surface area contributed by atoms with Gasteiger partial charge in [-0.15, -0.1) is 0 Å². The Labute approximate surface area is 233 Å². The molecule has 2 amide bonds. The Balaban J connectivity index is 1.38. The highest BCUT2D eigenvalue weighted by Gasteiger charge is 2.51. The average molecular weight is 536 g/mol. The highest BCUT2D eigenvalue weighted by Crippen LogP contribution is 2.53. The highest BCUT2D eigenvalue weighted by atomic mass is 16.7. The molecule has 39 heavy (non-hydrogen) atoms. The summed E-state index contributed by atoms with van der Waals surface area (Å²) in [5.41, 5.74) is 4.38. The van der Waals surface area contributed by atoms with Crippen LogP contribution in [0.1, 0.15) is 83.0 Å². The van der Waals surface area contributed by atoms with E-state index in [4.69, 9.17) is 9.47 Å². The molecule has 1 aliphatic carbocycles. The van der Waals surface area contributed by atoms with E-state index in [1.54, 1.807) is 0 Å². The number of aliphatic hydroxyl groups is 1. The van der Waals surface area contributed by atoms with E-state index in [0.717, 1.165) is 35.5 Å². The van der Waals surface area contributed by atoms with Crippen molar-refractivity contribution in [3.05, 3.63) is 65.2 Å². The summed E-state index contributed by atoms with van der Waals surface area (Å²) in [6, 6.07) is 16.2. The van der Waals surface area contributed by atoms with E-state index >= 15 is 0 Å². The van der Waals surface area contributed by atoms with Crippen LogP contribution in [-0.4, -0.2) is 47.8 Å². The van der Waals surface area contributed by atoms with Crippen LogP contribution >= 0.6 is 0 Å². The summed E-state index contributed by atoms with van der Waals surface area (Å²) in [5, 5.41) is 15.1. The van der Waals surface area contributed by atoms with Crippen LogP contribution in [0.4, 0.5) is 10.5 Å². The molecule has 0 radical (unpaired) electrons. The molecule has 0 spiro atoms. The van der Waals surface area contributed by atoms with Gasteiger partial charge in [-0.25, -0.2) is 4.79 Å². The van der Waals surface area contributed by atoms with E-state index in [1.165, 1.54) is 19.3 Å². The number of carbonyl (C=O) groups excluding carboxylic acids is 1. The van der Waals surface area contributed by atoms with E-state index in [9.17, 15) is 9.90 Å². The number of hydrogen-bond acceptors (Lipinski definition) is 5. The summed E-state index contributed by atoms with van der Waals surface area (Å²) in [4.78, 5) is 14.6. The van der Waals surface area contributed by atoms with Gasteiger partial charge in [-0.1, -0.05) is 64.1 Å². The first-order valence-electron chi connectivity index (χ1n) is 14.5. The zero-order valence-electron chi connectivity index (χ0n) is 24.1. The van der Waals surface area contributed by atoms with Crippen LogP contribution in [0.5, 0.6) is 0 Å². The molecule has 5 rings (SSSR count). The first-order valence-corrected chi connectivity index (χ1v) is 14.5. The van der Waals surface area contributed by atoms with Crippen molar-refractivity contribution in [1.82, 2.24) is 10.2 Å². The maximum Gasteiger partial charge on any atom is 0.319 e. The predicted octanol–water partition coefficient (Wildman–Crippen LogP) is 6.01. The maximum absolute atomic E-state index is 11.9. The fourth-order valence-corrected chi connectivity index (χ4v) is 7.41. The Hall–Kier alpha value is -2.45. The first kappa shape index (κ1) is 28.1. The number of fused-ring (bicyclic) bond motifs is 2.